The lowest BCUT2D eigenvalue weighted by Crippen LogP contribution is -2.33. The van der Waals surface area contributed by atoms with Crippen LogP contribution in [-0.4, -0.2) is 11.8 Å². The van der Waals surface area contributed by atoms with Crippen molar-refractivity contribution in [3.63, 3.8) is 0 Å². The second-order valence-electron chi connectivity index (χ2n) is 3.12. The van der Waals surface area contributed by atoms with Crippen LogP contribution in [0, 0.1) is 0 Å². The van der Waals surface area contributed by atoms with E-state index in [0.717, 1.165) is 12.1 Å². The summed E-state index contributed by atoms with van der Waals surface area (Å²) < 4.78 is 0. The van der Waals surface area contributed by atoms with Gasteiger partial charge in [0.05, 0.1) is 11.2 Å². The van der Waals surface area contributed by atoms with E-state index in [1.54, 1.807) is 0 Å². The van der Waals surface area contributed by atoms with Gasteiger partial charge >= 0.3 is 0 Å². The highest BCUT2D eigenvalue weighted by Crippen LogP contribution is 2.12. The third-order valence-corrected chi connectivity index (χ3v) is 1.35. The highest BCUT2D eigenvalue weighted by atomic mass is 14.9. The first-order valence-corrected chi connectivity index (χ1v) is 4.00. The molecule has 2 heteroatoms. The van der Waals surface area contributed by atoms with Crippen molar-refractivity contribution in [2.75, 3.05) is 0 Å². The van der Waals surface area contributed by atoms with Crippen molar-refractivity contribution < 1.29 is 0 Å². The van der Waals surface area contributed by atoms with Gasteiger partial charge in [-0.3, -0.25) is 4.99 Å². The summed E-state index contributed by atoms with van der Waals surface area (Å²) in [6, 6.07) is 0. The summed E-state index contributed by atoms with van der Waals surface area (Å²) in [7, 11) is 0. The van der Waals surface area contributed by atoms with E-state index in [1.807, 2.05) is 33.1 Å². The summed E-state index contributed by atoms with van der Waals surface area (Å²) in [5.41, 5.74) is 6.47. The lowest BCUT2D eigenvalue weighted by molar-refractivity contribution is 0.604. The van der Waals surface area contributed by atoms with E-state index in [0.29, 0.717) is 0 Å². The van der Waals surface area contributed by atoms with Crippen molar-refractivity contribution in [3.05, 3.63) is 11.8 Å². The first-order valence-electron chi connectivity index (χ1n) is 4.00. The van der Waals surface area contributed by atoms with Crippen LogP contribution in [0.3, 0.4) is 0 Å². The largest absolute Gasteiger partial charge is 0.321 e. The van der Waals surface area contributed by atoms with Gasteiger partial charge in [-0.1, -0.05) is 13.0 Å². The van der Waals surface area contributed by atoms with Gasteiger partial charge in [0.25, 0.3) is 0 Å². The molecule has 0 aromatic carbocycles. The van der Waals surface area contributed by atoms with E-state index < -0.39 is 0 Å². The molecule has 0 saturated heterocycles. The Balaban J connectivity index is 4.33. The van der Waals surface area contributed by atoms with Crippen LogP contribution in [0.2, 0.25) is 0 Å². The number of aliphatic imine (C=N–C) groups is 1. The third kappa shape index (κ3) is 3.94. The highest BCUT2D eigenvalue weighted by Gasteiger charge is 2.14. The van der Waals surface area contributed by atoms with Gasteiger partial charge in [-0.15, -0.1) is 0 Å². The number of nitrogens with zero attached hydrogens (tertiary/aromatic N) is 1. The number of hydrogen-bond acceptors (Lipinski definition) is 2. The molecule has 0 rings (SSSR count). The summed E-state index contributed by atoms with van der Waals surface area (Å²) in [6.07, 6.45) is 4.78. The van der Waals surface area contributed by atoms with Gasteiger partial charge in [0.2, 0.25) is 0 Å². The van der Waals surface area contributed by atoms with Crippen LogP contribution >= 0.6 is 0 Å². The Labute approximate surface area is 69.2 Å². The maximum atomic E-state index is 5.85. The zero-order valence-electron chi connectivity index (χ0n) is 7.89. The lowest BCUT2D eigenvalue weighted by atomic mass is 10.0. The Bertz CT molecular complexity index is 161. The molecule has 64 valence electrons. The van der Waals surface area contributed by atoms with Crippen LogP contribution in [0.25, 0.3) is 0 Å². The molecule has 2 N–H and O–H groups in total. The zero-order chi connectivity index (χ0) is 8.91. The van der Waals surface area contributed by atoms with Crippen molar-refractivity contribution >= 4 is 6.21 Å². The molecule has 0 bridgehead atoms. The van der Waals surface area contributed by atoms with Crippen LogP contribution in [0.1, 0.15) is 34.1 Å². The number of allylic oxidation sites excluding steroid dienone is 1. The molecule has 0 aliphatic rings. The summed E-state index contributed by atoms with van der Waals surface area (Å²) in [5, 5.41) is 0. The minimum atomic E-state index is -0.319. The Morgan fingerprint density at radius 3 is 2.36 bits per heavy atom. The number of hydrogen-bond donors (Lipinski definition) is 1. The van der Waals surface area contributed by atoms with Gasteiger partial charge in [0.15, 0.2) is 0 Å². The number of nitrogens with two attached hydrogens (primary N) is 1. The molecule has 0 radical (unpaired) electrons. The fraction of sp³-hybridized carbons (Fsp3) is 0.667. The van der Waals surface area contributed by atoms with Crippen molar-refractivity contribution in [1.82, 2.24) is 0 Å². The SMILES string of the molecule is C/C=C(\N=CCC)C(C)(C)N. The lowest BCUT2D eigenvalue weighted by Gasteiger charge is -2.18. The average molecular weight is 154 g/mol. The molecule has 0 fully saturated rings. The quantitative estimate of drug-likeness (QED) is 0.621. The summed E-state index contributed by atoms with van der Waals surface area (Å²) >= 11 is 0. The predicted octanol–water partition coefficient (Wildman–Crippen LogP) is 2.11. The molecule has 0 aromatic rings. The number of rotatable bonds is 3. The topological polar surface area (TPSA) is 38.4 Å². The van der Waals surface area contributed by atoms with E-state index in [1.165, 1.54) is 0 Å². The normalized spacial score (nSPS) is 14.5. The molecule has 0 spiro atoms. The maximum absolute atomic E-state index is 5.85. The second kappa shape index (κ2) is 4.29. The molecule has 0 saturated carbocycles. The van der Waals surface area contributed by atoms with Crippen LogP contribution in [0.5, 0.6) is 0 Å². The van der Waals surface area contributed by atoms with E-state index in [-0.39, 0.29) is 5.54 Å². The van der Waals surface area contributed by atoms with Crippen LogP contribution in [0.4, 0.5) is 0 Å². The fourth-order valence-corrected chi connectivity index (χ4v) is 0.803. The fourth-order valence-electron chi connectivity index (χ4n) is 0.803. The van der Waals surface area contributed by atoms with Gasteiger partial charge < -0.3 is 5.73 Å². The molecule has 0 aliphatic heterocycles. The minimum Gasteiger partial charge on any atom is -0.321 e. The smallest absolute Gasteiger partial charge is 0.0550 e. The average Bonchev–Trinajstić information content (AvgIpc) is 1.87. The van der Waals surface area contributed by atoms with Crippen LogP contribution in [-0.2, 0) is 0 Å². The molecule has 0 aliphatic carbocycles. The molecule has 0 unspecified atom stereocenters. The van der Waals surface area contributed by atoms with Crippen molar-refractivity contribution in [1.29, 1.82) is 0 Å². The molecular weight excluding hydrogens is 136 g/mol. The molecule has 0 aromatic heterocycles. The van der Waals surface area contributed by atoms with Crippen molar-refractivity contribution in [3.8, 4) is 0 Å². The van der Waals surface area contributed by atoms with Gasteiger partial charge in [-0.25, -0.2) is 0 Å². The first kappa shape index (κ1) is 10.4. The summed E-state index contributed by atoms with van der Waals surface area (Å²) in [5.74, 6) is 0. The Hall–Kier alpha value is -0.630. The Kier molecular flexibility index (Phi) is 4.04. The first-order chi connectivity index (χ1) is 5.02. The van der Waals surface area contributed by atoms with E-state index >= 15 is 0 Å². The van der Waals surface area contributed by atoms with Gasteiger partial charge in [0.1, 0.15) is 0 Å². The predicted molar refractivity (Wildman–Crippen MR) is 50.8 cm³/mol. The Morgan fingerprint density at radius 2 is 2.09 bits per heavy atom. The van der Waals surface area contributed by atoms with Crippen molar-refractivity contribution in [2.45, 2.75) is 39.7 Å². The van der Waals surface area contributed by atoms with Crippen LogP contribution in [0.15, 0.2) is 16.8 Å². The van der Waals surface area contributed by atoms with E-state index in [4.69, 9.17) is 5.73 Å². The van der Waals surface area contributed by atoms with Gasteiger partial charge in [-0.2, -0.15) is 0 Å². The standard InChI is InChI=1S/C9H18N2/c1-5-7-11-8(6-2)9(3,4)10/h6-7H,5,10H2,1-4H3/b8-6-,11-7?. The summed E-state index contributed by atoms with van der Waals surface area (Å²) in [4.78, 5) is 4.24. The summed E-state index contributed by atoms with van der Waals surface area (Å²) in [6.45, 7) is 7.92. The van der Waals surface area contributed by atoms with E-state index in [9.17, 15) is 0 Å². The Morgan fingerprint density at radius 1 is 1.55 bits per heavy atom. The molecule has 0 heterocycles. The monoisotopic (exact) mass is 154 g/mol. The van der Waals surface area contributed by atoms with E-state index in [2.05, 4.69) is 11.9 Å². The van der Waals surface area contributed by atoms with Gasteiger partial charge in [0, 0.05) is 6.21 Å². The highest BCUT2D eigenvalue weighted by molar-refractivity contribution is 5.58. The molecule has 11 heavy (non-hydrogen) atoms. The second-order valence-corrected chi connectivity index (χ2v) is 3.12. The molecule has 2 nitrogen and oxygen atoms in total. The molecule has 0 amide bonds. The molecular formula is C9H18N2. The maximum Gasteiger partial charge on any atom is 0.0550 e. The molecule has 0 atom stereocenters. The van der Waals surface area contributed by atoms with Gasteiger partial charge in [-0.05, 0) is 27.2 Å². The zero-order valence-corrected chi connectivity index (χ0v) is 7.89. The van der Waals surface area contributed by atoms with Crippen LogP contribution < -0.4 is 5.73 Å². The minimum absolute atomic E-state index is 0.319. The third-order valence-electron chi connectivity index (χ3n) is 1.35. The van der Waals surface area contributed by atoms with Crippen molar-refractivity contribution in [2.24, 2.45) is 10.7 Å².